The number of carbonyl (C=O) groups excluding carboxylic acids is 1. The molecule has 7 heteroatoms. The summed E-state index contributed by atoms with van der Waals surface area (Å²) in [6.45, 7) is -0.190. The normalized spacial score (nSPS) is 26.6. The average molecular weight is 403 g/mol. The minimum Gasteiger partial charge on any atom is -0.394 e. The van der Waals surface area contributed by atoms with E-state index in [-0.39, 0.29) is 36.9 Å². The Hall–Kier alpha value is -2.09. The van der Waals surface area contributed by atoms with Crippen molar-refractivity contribution < 1.29 is 23.4 Å². The van der Waals surface area contributed by atoms with Gasteiger partial charge in [0.15, 0.2) is 17.4 Å². The van der Waals surface area contributed by atoms with Crippen molar-refractivity contribution in [2.24, 2.45) is 10.9 Å². The molecule has 0 spiro atoms. The van der Waals surface area contributed by atoms with Crippen molar-refractivity contribution in [3.63, 3.8) is 0 Å². The molecular weight excluding hydrogens is 384 g/mol. The quantitative estimate of drug-likeness (QED) is 0.776. The van der Waals surface area contributed by atoms with Crippen LogP contribution in [0, 0.1) is 17.6 Å². The zero-order valence-corrected chi connectivity index (χ0v) is 15.8. The number of thioether (sulfide) groups is 1. The summed E-state index contributed by atoms with van der Waals surface area (Å²) in [5.74, 6) is -1.80. The zero-order valence-electron chi connectivity index (χ0n) is 15.0. The van der Waals surface area contributed by atoms with E-state index in [0.29, 0.717) is 16.4 Å². The van der Waals surface area contributed by atoms with Gasteiger partial charge in [-0.25, -0.2) is 8.78 Å². The Bertz CT molecular complexity index is 921. The van der Waals surface area contributed by atoms with Crippen LogP contribution in [0.2, 0.25) is 0 Å². The molecule has 2 heterocycles. The Balaban J connectivity index is 1.73. The Morgan fingerprint density at radius 1 is 1.21 bits per heavy atom. The van der Waals surface area contributed by atoms with E-state index in [1.807, 2.05) is 6.07 Å². The summed E-state index contributed by atoms with van der Waals surface area (Å²) in [7, 11) is 0. The lowest BCUT2D eigenvalue weighted by molar-refractivity contribution is 0.0436. The average Bonchev–Trinajstić information content (AvgIpc) is 3.09. The second kappa shape index (κ2) is 7.73. The summed E-state index contributed by atoms with van der Waals surface area (Å²) < 4.78 is 34.3. The summed E-state index contributed by atoms with van der Waals surface area (Å²) in [5.41, 5.74) is -0.454. The highest BCUT2D eigenvalue weighted by Gasteiger charge is 2.54. The highest BCUT2D eigenvalue weighted by atomic mass is 32.2. The molecule has 0 saturated carbocycles. The Kier molecular flexibility index (Phi) is 5.31. The van der Waals surface area contributed by atoms with Crippen molar-refractivity contribution in [1.29, 1.82) is 0 Å². The minimum atomic E-state index is -1.14. The lowest BCUT2D eigenvalue weighted by atomic mass is 9.78. The predicted octanol–water partition coefficient (Wildman–Crippen LogP) is 3.59. The van der Waals surface area contributed by atoms with E-state index >= 15 is 0 Å². The van der Waals surface area contributed by atoms with Crippen LogP contribution in [0.15, 0.2) is 53.5 Å². The van der Waals surface area contributed by atoms with Gasteiger partial charge in [-0.05, 0) is 6.07 Å². The van der Waals surface area contributed by atoms with Crippen LogP contribution in [-0.4, -0.2) is 41.0 Å². The smallest absolute Gasteiger partial charge is 0.169 e. The van der Waals surface area contributed by atoms with Crippen LogP contribution in [0.1, 0.15) is 22.3 Å². The second-order valence-corrected chi connectivity index (χ2v) is 8.04. The monoisotopic (exact) mass is 403 g/mol. The summed E-state index contributed by atoms with van der Waals surface area (Å²) in [5, 5.41) is 10.2. The number of rotatable bonds is 5. The Morgan fingerprint density at radius 2 is 2.00 bits per heavy atom. The first kappa shape index (κ1) is 19.2. The molecule has 1 N–H and O–H groups in total. The van der Waals surface area contributed by atoms with Gasteiger partial charge in [-0.2, -0.15) is 0 Å². The molecule has 0 aliphatic carbocycles. The van der Waals surface area contributed by atoms with Crippen molar-refractivity contribution in [2.45, 2.75) is 18.1 Å². The largest absolute Gasteiger partial charge is 0.394 e. The molecule has 28 heavy (non-hydrogen) atoms. The molecule has 4 rings (SSSR count). The molecule has 0 aromatic heterocycles. The molecule has 1 unspecified atom stereocenters. The van der Waals surface area contributed by atoms with Gasteiger partial charge in [-0.1, -0.05) is 42.5 Å². The first-order chi connectivity index (χ1) is 13.5. The van der Waals surface area contributed by atoms with E-state index in [1.54, 1.807) is 24.3 Å². The zero-order chi connectivity index (χ0) is 19.7. The topological polar surface area (TPSA) is 58.9 Å². The number of hydrogen-bond acceptors (Lipinski definition) is 5. The molecule has 4 nitrogen and oxygen atoms in total. The predicted molar refractivity (Wildman–Crippen MR) is 104 cm³/mol. The molecule has 0 radical (unpaired) electrons. The van der Waals surface area contributed by atoms with Crippen molar-refractivity contribution in [3.8, 4) is 0 Å². The molecule has 146 valence electrons. The van der Waals surface area contributed by atoms with Gasteiger partial charge in [0.05, 0.1) is 30.8 Å². The van der Waals surface area contributed by atoms with Crippen molar-refractivity contribution in [3.05, 3.63) is 71.3 Å². The maximum absolute atomic E-state index is 14.7. The molecule has 2 aliphatic rings. The van der Waals surface area contributed by atoms with Crippen molar-refractivity contribution in [2.75, 3.05) is 19.0 Å². The molecule has 2 aromatic carbocycles. The van der Waals surface area contributed by atoms with Crippen LogP contribution in [0.25, 0.3) is 0 Å². The molecule has 3 atom stereocenters. The van der Waals surface area contributed by atoms with Gasteiger partial charge in [-0.3, -0.25) is 9.79 Å². The summed E-state index contributed by atoms with van der Waals surface area (Å²) >= 11 is 1.41. The molecular formula is C21H19F2NO3S. The SMILES string of the molecule is O=C(CC1=NC2(c3cccc(F)c3F)CO[C@H](CO)[C@H]2CS1)c1ccccc1. The van der Waals surface area contributed by atoms with Gasteiger partial charge in [0.2, 0.25) is 0 Å². The molecule has 0 bridgehead atoms. The first-order valence-electron chi connectivity index (χ1n) is 9.02. The fraction of sp³-hybridized carbons (Fsp3) is 0.333. The number of ether oxygens (including phenoxy) is 1. The van der Waals surface area contributed by atoms with Gasteiger partial charge in [0, 0.05) is 22.8 Å². The third-order valence-corrected chi connectivity index (χ3v) is 6.43. The number of fused-ring (bicyclic) bond motifs is 1. The van der Waals surface area contributed by atoms with E-state index in [2.05, 4.69) is 0 Å². The lowest BCUT2D eigenvalue weighted by Gasteiger charge is -2.36. The van der Waals surface area contributed by atoms with Crippen LogP contribution >= 0.6 is 11.8 Å². The lowest BCUT2D eigenvalue weighted by Crippen LogP contribution is -2.42. The van der Waals surface area contributed by atoms with Crippen LogP contribution in [0.3, 0.4) is 0 Å². The van der Waals surface area contributed by atoms with Crippen molar-refractivity contribution >= 4 is 22.6 Å². The van der Waals surface area contributed by atoms with Crippen LogP contribution in [-0.2, 0) is 10.3 Å². The first-order valence-corrected chi connectivity index (χ1v) is 10.0. The Labute approximate surface area is 165 Å². The number of aliphatic hydroxyl groups excluding tert-OH is 1. The molecule has 1 saturated heterocycles. The van der Waals surface area contributed by atoms with Crippen LogP contribution < -0.4 is 0 Å². The van der Waals surface area contributed by atoms with E-state index in [9.17, 15) is 18.7 Å². The third-order valence-electron chi connectivity index (χ3n) is 5.34. The number of Topliss-reactive ketones (excluding diaryl/α,β-unsaturated/α-hetero) is 1. The fourth-order valence-corrected chi connectivity index (χ4v) is 5.20. The molecule has 2 aliphatic heterocycles. The summed E-state index contributed by atoms with van der Waals surface area (Å²) in [4.78, 5) is 17.3. The fourth-order valence-electron chi connectivity index (χ4n) is 3.88. The number of carbonyl (C=O) groups is 1. The van der Waals surface area contributed by atoms with Gasteiger partial charge in [0.1, 0.15) is 5.54 Å². The number of aliphatic hydroxyl groups is 1. The Morgan fingerprint density at radius 3 is 2.75 bits per heavy atom. The van der Waals surface area contributed by atoms with Gasteiger partial charge in [0.25, 0.3) is 0 Å². The highest BCUT2D eigenvalue weighted by Crippen LogP contribution is 2.49. The number of aliphatic imine (C=N–C) groups is 1. The highest BCUT2D eigenvalue weighted by molar-refractivity contribution is 8.14. The number of nitrogens with zero attached hydrogens (tertiary/aromatic N) is 1. The van der Waals surface area contributed by atoms with Gasteiger partial charge in [-0.15, -0.1) is 11.8 Å². The standard InChI is InChI=1S/C21H19F2NO3S/c22-16-8-4-7-14(20(16)23)21-12-27-18(10-25)15(21)11-28-19(24-21)9-17(26)13-5-2-1-3-6-13/h1-8,15,18,25H,9-12H2/t15-,18-,21?/m1/s1. The van der Waals surface area contributed by atoms with E-state index in [4.69, 9.17) is 9.73 Å². The molecule has 0 amide bonds. The van der Waals surface area contributed by atoms with E-state index in [0.717, 1.165) is 6.07 Å². The summed E-state index contributed by atoms with van der Waals surface area (Å²) in [6, 6.07) is 12.9. The number of ketones is 1. The molecule has 2 aromatic rings. The third kappa shape index (κ3) is 3.27. The maximum Gasteiger partial charge on any atom is 0.169 e. The van der Waals surface area contributed by atoms with Gasteiger partial charge >= 0.3 is 0 Å². The number of benzene rings is 2. The summed E-state index contributed by atoms with van der Waals surface area (Å²) in [6.07, 6.45) is -0.422. The van der Waals surface area contributed by atoms with E-state index in [1.165, 1.54) is 23.9 Å². The second-order valence-electron chi connectivity index (χ2n) is 6.95. The van der Waals surface area contributed by atoms with Gasteiger partial charge < -0.3 is 9.84 Å². The number of hydrogen-bond donors (Lipinski definition) is 1. The molecule has 1 fully saturated rings. The van der Waals surface area contributed by atoms with Crippen LogP contribution in [0.5, 0.6) is 0 Å². The minimum absolute atomic E-state index is 0.0346. The van der Waals surface area contributed by atoms with Crippen LogP contribution in [0.4, 0.5) is 8.78 Å². The van der Waals surface area contributed by atoms with E-state index < -0.39 is 23.3 Å². The maximum atomic E-state index is 14.7. The number of halogens is 2. The van der Waals surface area contributed by atoms with Crippen molar-refractivity contribution in [1.82, 2.24) is 0 Å².